The zero-order valence-electron chi connectivity index (χ0n) is 14.8. The van der Waals surface area contributed by atoms with Crippen LogP contribution in [-0.4, -0.2) is 22.4 Å². The van der Waals surface area contributed by atoms with Crippen molar-refractivity contribution >= 4 is 22.5 Å². The predicted molar refractivity (Wildman–Crippen MR) is 99.7 cm³/mol. The van der Waals surface area contributed by atoms with Crippen LogP contribution in [-0.2, 0) is 11.2 Å². The first kappa shape index (κ1) is 18.7. The molecule has 0 aliphatic heterocycles. The number of rotatable bonds is 6. The lowest BCUT2D eigenvalue weighted by Crippen LogP contribution is -2.30. The number of nitrogens with zero attached hydrogens (tertiary/aromatic N) is 2. The van der Waals surface area contributed by atoms with Gasteiger partial charge in [0.1, 0.15) is 5.82 Å². The molecule has 0 saturated carbocycles. The Hall–Kier alpha value is -3.09. The summed E-state index contributed by atoms with van der Waals surface area (Å²) in [5, 5.41) is 0.521. The van der Waals surface area contributed by atoms with Gasteiger partial charge in [-0.1, -0.05) is 12.1 Å². The van der Waals surface area contributed by atoms with E-state index < -0.39 is 11.6 Å². The van der Waals surface area contributed by atoms with Gasteiger partial charge in [0, 0.05) is 31.1 Å². The molecule has 0 radical (unpaired) electrons. The second kappa shape index (κ2) is 8.07. The molecule has 2 aromatic carbocycles. The van der Waals surface area contributed by atoms with E-state index in [1.54, 1.807) is 25.1 Å². The summed E-state index contributed by atoms with van der Waals surface area (Å²) in [5.41, 5.74) is 0.720. The highest BCUT2D eigenvalue weighted by atomic mass is 19.2. The number of aromatic nitrogens is 2. The Kier molecular flexibility index (Phi) is 5.59. The van der Waals surface area contributed by atoms with Crippen LogP contribution in [0.2, 0.25) is 0 Å². The van der Waals surface area contributed by atoms with E-state index in [0.717, 1.165) is 12.1 Å². The first-order chi connectivity index (χ1) is 13.0. The molecule has 7 heteroatoms. The number of carbonyl (C=O) groups excluding carboxylic acids is 1. The van der Waals surface area contributed by atoms with Gasteiger partial charge in [0.15, 0.2) is 11.6 Å². The van der Waals surface area contributed by atoms with E-state index in [1.807, 2.05) is 6.07 Å². The maximum Gasteiger partial charge on any atom is 0.258 e. The van der Waals surface area contributed by atoms with E-state index in [1.165, 1.54) is 11.0 Å². The highest BCUT2D eigenvalue weighted by Crippen LogP contribution is 2.19. The van der Waals surface area contributed by atoms with Crippen molar-refractivity contribution in [2.24, 2.45) is 0 Å². The van der Waals surface area contributed by atoms with Crippen molar-refractivity contribution < 1.29 is 13.6 Å². The van der Waals surface area contributed by atoms with Crippen molar-refractivity contribution in [1.29, 1.82) is 0 Å². The molecule has 1 amide bonds. The third-order valence-electron chi connectivity index (χ3n) is 4.30. The van der Waals surface area contributed by atoms with E-state index in [4.69, 9.17) is 0 Å². The number of para-hydroxylation sites is 1. The molecule has 0 aliphatic carbocycles. The molecular weight excluding hydrogens is 352 g/mol. The fraction of sp³-hybridized carbons (Fsp3) is 0.250. The number of aromatic amines is 1. The van der Waals surface area contributed by atoms with Gasteiger partial charge in [-0.2, -0.15) is 0 Å². The molecule has 0 bridgehead atoms. The van der Waals surface area contributed by atoms with Crippen molar-refractivity contribution in [3.05, 3.63) is 70.3 Å². The molecule has 0 atom stereocenters. The lowest BCUT2D eigenvalue weighted by Gasteiger charge is -2.21. The van der Waals surface area contributed by atoms with Gasteiger partial charge in [0.25, 0.3) is 5.56 Å². The molecule has 0 fully saturated rings. The summed E-state index contributed by atoms with van der Waals surface area (Å²) < 4.78 is 26.5. The Morgan fingerprint density at radius 1 is 1.15 bits per heavy atom. The lowest BCUT2D eigenvalue weighted by atomic mass is 10.2. The third-order valence-corrected chi connectivity index (χ3v) is 4.30. The van der Waals surface area contributed by atoms with Crippen LogP contribution in [0, 0.1) is 11.6 Å². The van der Waals surface area contributed by atoms with Gasteiger partial charge in [-0.3, -0.25) is 9.59 Å². The van der Waals surface area contributed by atoms with Crippen molar-refractivity contribution in [2.75, 3.05) is 11.4 Å². The quantitative estimate of drug-likeness (QED) is 0.720. The Morgan fingerprint density at radius 3 is 2.67 bits per heavy atom. The Labute approximate surface area is 154 Å². The van der Waals surface area contributed by atoms with E-state index >= 15 is 0 Å². The first-order valence-electron chi connectivity index (χ1n) is 8.73. The average Bonchev–Trinajstić information content (AvgIpc) is 2.65. The van der Waals surface area contributed by atoms with Crippen molar-refractivity contribution in [3.63, 3.8) is 0 Å². The minimum atomic E-state index is -0.989. The van der Waals surface area contributed by atoms with Gasteiger partial charge in [-0.05, 0) is 37.6 Å². The molecule has 27 heavy (non-hydrogen) atoms. The SMILES string of the molecule is CCN(C(=O)CCCc1nc2ccccc2c(=O)[nH]1)c1ccc(F)c(F)c1. The smallest absolute Gasteiger partial charge is 0.258 e. The molecule has 3 aromatic rings. The zero-order valence-corrected chi connectivity index (χ0v) is 14.8. The second-order valence-corrected chi connectivity index (χ2v) is 6.12. The highest BCUT2D eigenvalue weighted by molar-refractivity contribution is 5.93. The van der Waals surface area contributed by atoms with E-state index in [0.29, 0.717) is 41.8 Å². The van der Waals surface area contributed by atoms with Crippen LogP contribution in [0.5, 0.6) is 0 Å². The molecule has 1 heterocycles. The Balaban J connectivity index is 1.66. The van der Waals surface area contributed by atoms with Crippen LogP contribution >= 0.6 is 0 Å². The summed E-state index contributed by atoms with van der Waals surface area (Å²) in [5.74, 6) is -1.63. The minimum absolute atomic E-state index is 0.198. The summed E-state index contributed by atoms with van der Waals surface area (Å²) >= 11 is 0. The number of halogens is 2. The normalized spacial score (nSPS) is 10.9. The van der Waals surface area contributed by atoms with Crippen molar-refractivity contribution in [3.8, 4) is 0 Å². The van der Waals surface area contributed by atoms with E-state index in [9.17, 15) is 18.4 Å². The lowest BCUT2D eigenvalue weighted by molar-refractivity contribution is -0.118. The summed E-state index contributed by atoms with van der Waals surface area (Å²) in [6.07, 6.45) is 1.10. The second-order valence-electron chi connectivity index (χ2n) is 6.12. The van der Waals surface area contributed by atoms with Gasteiger partial charge >= 0.3 is 0 Å². The molecule has 0 saturated heterocycles. The van der Waals surface area contributed by atoms with Gasteiger partial charge < -0.3 is 9.88 Å². The van der Waals surface area contributed by atoms with Crippen LogP contribution in [0.3, 0.4) is 0 Å². The monoisotopic (exact) mass is 371 g/mol. The van der Waals surface area contributed by atoms with Crippen LogP contribution in [0.1, 0.15) is 25.6 Å². The summed E-state index contributed by atoms with van der Waals surface area (Å²) in [7, 11) is 0. The molecule has 0 spiro atoms. The number of benzene rings is 2. The van der Waals surface area contributed by atoms with Gasteiger partial charge in [0.2, 0.25) is 5.91 Å². The number of hydrogen-bond acceptors (Lipinski definition) is 3. The van der Waals surface area contributed by atoms with E-state index in [-0.39, 0.29) is 17.9 Å². The predicted octanol–water partition coefficient (Wildman–Crippen LogP) is 3.58. The van der Waals surface area contributed by atoms with Crippen LogP contribution in [0.25, 0.3) is 10.9 Å². The molecular formula is C20H19F2N3O2. The topological polar surface area (TPSA) is 66.1 Å². The molecule has 0 unspecified atom stereocenters. The van der Waals surface area contributed by atoms with E-state index in [2.05, 4.69) is 9.97 Å². The summed E-state index contributed by atoms with van der Waals surface area (Å²) in [4.78, 5) is 33.1. The molecule has 5 nitrogen and oxygen atoms in total. The number of carbonyl (C=O) groups is 1. The van der Waals surface area contributed by atoms with Gasteiger partial charge in [0.05, 0.1) is 10.9 Å². The van der Waals surface area contributed by atoms with Crippen LogP contribution in [0.4, 0.5) is 14.5 Å². The van der Waals surface area contributed by atoms with Crippen molar-refractivity contribution in [1.82, 2.24) is 9.97 Å². The number of amides is 1. The number of nitrogens with one attached hydrogen (secondary N) is 1. The molecule has 1 aromatic heterocycles. The van der Waals surface area contributed by atoms with Crippen molar-refractivity contribution in [2.45, 2.75) is 26.2 Å². The zero-order chi connectivity index (χ0) is 19.4. The molecule has 1 N–H and O–H groups in total. The fourth-order valence-corrected chi connectivity index (χ4v) is 2.95. The summed E-state index contributed by atoms with van der Waals surface area (Å²) in [6.45, 7) is 2.11. The Morgan fingerprint density at radius 2 is 1.93 bits per heavy atom. The number of fused-ring (bicyclic) bond motifs is 1. The highest BCUT2D eigenvalue weighted by Gasteiger charge is 2.16. The average molecular weight is 371 g/mol. The number of H-pyrrole nitrogens is 1. The Bertz CT molecular complexity index is 1030. The molecule has 0 aliphatic rings. The summed E-state index contributed by atoms with van der Waals surface area (Å²) in [6, 6.07) is 10.4. The number of aryl methyl sites for hydroxylation is 1. The first-order valence-corrected chi connectivity index (χ1v) is 8.73. The number of anilines is 1. The van der Waals surface area contributed by atoms with Gasteiger partial charge in [-0.15, -0.1) is 0 Å². The van der Waals surface area contributed by atoms with Crippen LogP contribution in [0.15, 0.2) is 47.3 Å². The standard InChI is InChI=1S/C20H19F2N3O2/c1-2-25(13-10-11-15(21)16(22)12-13)19(26)9-5-8-18-23-17-7-4-3-6-14(17)20(27)24-18/h3-4,6-7,10-12H,2,5,8-9H2,1H3,(H,23,24,27). The molecule has 3 rings (SSSR count). The molecule has 140 valence electrons. The van der Waals surface area contributed by atoms with Crippen LogP contribution < -0.4 is 10.5 Å². The third kappa shape index (κ3) is 4.19. The maximum atomic E-state index is 13.4. The maximum absolute atomic E-state index is 13.4. The van der Waals surface area contributed by atoms with Gasteiger partial charge in [-0.25, -0.2) is 13.8 Å². The largest absolute Gasteiger partial charge is 0.313 e. The number of hydrogen-bond donors (Lipinski definition) is 1. The fourth-order valence-electron chi connectivity index (χ4n) is 2.95. The minimum Gasteiger partial charge on any atom is -0.313 e.